The zero-order chi connectivity index (χ0) is 12.3. The van der Waals surface area contributed by atoms with Gasteiger partial charge in [-0.2, -0.15) is 0 Å². The molecule has 0 saturated heterocycles. The molecule has 0 fully saturated rings. The quantitative estimate of drug-likeness (QED) is 0.849. The molecule has 90 valence electrons. The normalized spacial score (nSPS) is 12.6. The lowest BCUT2D eigenvalue weighted by Crippen LogP contribution is -2.01. The molecule has 1 aromatic heterocycles. The Balaban J connectivity index is 2.45. The molecule has 0 aliphatic heterocycles. The number of nitrogens with zero attached hydrogens (tertiary/aromatic N) is 3. The van der Waals surface area contributed by atoms with Crippen LogP contribution < -0.4 is 0 Å². The van der Waals surface area contributed by atoms with Crippen LogP contribution in [-0.2, 0) is 0 Å². The topological polar surface area (TPSA) is 74.7 Å². The molecular weight excluding hydrogens is 223 g/mol. The van der Waals surface area contributed by atoms with Crippen LogP contribution in [0.15, 0.2) is 18.2 Å². The summed E-state index contributed by atoms with van der Waals surface area (Å²) >= 11 is 0. The van der Waals surface area contributed by atoms with Crippen molar-refractivity contribution < 1.29 is 9.50 Å². The van der Waals surface area contributed by atoms with E-state index in [2.05, 4.69) is 20.6 Å². The fraction of sp³-hybridized carbons (Fsp3) is 0.364. The van der Waals surface area contributed by atoms with Crippen molar-refractivity contribution in [3.63, 3.8) is 0 Å². The summed E-state index contributed by atoms with van der Waals surface area (Å²) in [7, 11) is 0. The van der Waals surface area contributed by atoms with Crippen molar-refractivity contribution in [3.8, 4) is 11.4 Å². The molecule has 0 spiro atoms. The smallest absolute Gasteiger partial charge is 0.179 e. The number of rotatable bonds is 4. The fourth-order valence-corrected chi connectivity index (χ4v) is 1.73. The third-order valence-corrected chi connectivity index (χ3v) is 2.54. The van der Waals surface area contributed by atoms with Crippen molar-refractivity contribution in [2.75, 3.05) is 0 Å². The van der Waals surface area contributed by atoms with E-state index in [1.807, 2.05) is 6.92 Å². The SMILES string of the molecule is CCCC(O)c1ccc(F)cc1-c1nnn[nH]1. The molecule has 0 bridgehead atoms. The van der Waals surface area contributed by atoms with Crippen molar-refractivity contribution in [1.82, 2.24) is 20.6 Å². The van der Waals surface area contributed by atoms with Gasteiger partial charge < -0.3 is 5.11 Å². The third-order valence-electron chi connectivity index (χ3n) is 2.54. The van der Waals surface area contributed by atoms with Gasteiger partial charge in [0.25, 0.3) is 0 Å². The van der Waals surface area contributed by atoms with E-state index < -0.39 is 6.10 Å². The monoisotopic (exact) mass is 236 g/mol. The number of hydrogen-bond acceptors (Lipinski definition) is 4. The number of halogens is 1. The molecule has 0 amide bonds. The van der Waals surface area contributed by atoms with Gasteiger partial charge in [-0.05, 0) is 34.5 Å². The Morgan fingerprint density at radius 1 is 1.47 bits per heavy atom. The minimum atomic E-state index is -0.638. The highest BCUT2D eigenvalue weighted by atomic mass is 19.1. The number of hydrogen-bond donors (Lipinski definition) is 2. The van der Waals surface area contributed by atoms with Gasteiger partial charge in [-0.25, -0.2) is 9.49 Å². The van der Waals surface area contributed by atoms with E-state index in [4.69, 9.17) is 0 Å². The summed E-state index contributed by atoms with van der Waals surface area (Å²) in [5.41, 5.74) is 1.13. The van der Waals surface area contributed by atoms with E-state index in [1.54, 1.807) is 6.07 Å². The number of H-pyrrole nitrogens is 1. The predicted molar refractivity (Wildman–Crippen MR) is 59.4 cm³/mol. The second kappa shape index (κ2) is 5.01. The Kier molecular flexibility index (Phi) is 3.43. The molecule has 1 atom stereocenters. The molecule has 2 rings (SSSR count). The predicted octanol–water partition coefficient (Wildman–Crippen LogP) is 1.84. The van der Waals surface area contributed by atoms with Crippen molar-refractivity contribution in [1.29, 1.82) is 0 Å². The van der Waals surface area contributed by atoms with Crippen LogP contribution in [0.5, 0.6) is 0 Å². The zero-order valence-corrected chi connectivity index (χ0v) is 9.39. The molecule has 17 heavy (non-hydrogen) atoms. The number of benzene rings is 1. The average Bonchev–Trinajstić information content (AvgIpc) is 2.82. The molecule has 0 aliphatic rings. The molecule has 1 aromatic carbocycles. The summed E-state index contributed by atoms with van der Waals surface area (Å²) in [5, 5.41) is 23.2. The fourth-order valence-electron chi connectivity index (χ4n) is 1.73. The van der Waals surface area contributed by atoms with E-state index in [0.29, 0.717) is 23.4 Å². The van der Waals surface area contributed by atoms with Gasteiger partial charge in [0.1, 0.15) is 5.82 Å². The first-order valence-electron chi connectivity index (χ1n) is 5.44. The summed E-state index contributed by atoms with van der Waals surface area (Å²) < 4.78 is 13.2. The van der Waals surface area contributed by atoms with Crippen LogP contribution in [0.4, 0.5) is 4.39 Å². The Bertz CT molecular complexity index is 486. The van der Waals surface area contributed by atoms with Gasteiger partial charge in [0, 0.05) is 5.56 Å². The lowest BCUT2D eigenvalue weighted by molar-refractivity contribution is 0.167. The Labute approximate surface area is 97.7 Å². The molecule has 2 N–H and O–H groups in total. The average molecular weight is 236 g/mol. The standard InChI is InChI=1S/C11H13FN4O/c1-2-3-10(17)8-5-4-7(12)6-9(8)11-13-15-16-14-11/h4-6,10,17H,2-3H2,1H3,(H,13,14,15,16). The van der Waals surface area contributed by atoms with Gasteiger partial charge in [-0.3, -0.25) is 0 Å². The van der Waals surface area contributed by atoms with E-state index in [1.165, 1.54) is 12.1 Å². The van der Waals surface area contributed by atoms with Crippen molar-refractivity contribution >= 4 is 0 Å². The molecule has 1 unspecified atom stereocenters. The molecule has 2 aromatic rings. The number of aliphatic hydroxyl groups excluding tert-OH is 1. The Morgan fingerprint density at radius 2 is 2.29 bits per heavy atom. The van der Waals surface area contributed by atoms with Gasteiger partial charge in [0.05, 0.1) is 6.10 Å². The highest BCUT2D eigenvalue weighted by molar-refractivity contribution is 5.60. The number of aliphatic hydroxyl groups is 1. The minimum Gasteiger partial charge on any atom is -0.388 e. The van der Waals surface area contributed by atoms with Crippen LogP contribution in [0.1, 0.15) is 31.4 Å². The Hall–Kier alpha value is -1.82. The van der Waals surface area contributed by atoms with Crippen LogP contribution in [0.2, 0.25) is 0 Å². The zero-order valence-electron chi connectivity index (χ0n) is 9.39. The van der Waals surface area contributed by atoms with E-state index >= 15 is 0 Å². The van der Waals surface area contributed by atoms with Crippen LogP contribution >= 0.6 is 0 Å². The first-order chi connectivity index (χ1) is 8.22. The highest BCUT2D eigenvalue weighted by Gasteiger charge is 2.16. The van der Waals surface area contributed by atoms with Crippen LogP contribution in [0.25, 0.3) is 11.4 Å². The first kappa shape index (κ1) is 11.7. The maximum Gasteiger partial charge on any atom is 0.179 e. The van der Waals surface area contributed by atoms with E-state index in [-0.39, 0.29) is 5.82 Å². The Morgan fingerprint density at radius 3 is 2.94 bits per heavy atom. The minimum absolute atomic E-state index is 0.356. The number of aromatic nitrogens is 4. The number of aromatic amines is 1. The molecule has 0 saturated carbocycles. The maximum absolute atomic E-state index is 13.2. The number of tetrazole rings is 1. The van der Waals surface area contributed by atoms with E-state index in [9.17, 15) is 9.50 Å². The molecule has 6 heteroatoms. The maximum atomic E-state index is 13.2. The lowest BCUT2D eigenvalue weighted by atomic mass is 9.99. The van der Waals surface area contributed by atoms with Crippen molar-refractivity contribution in [3.05, 3.63) is 29.6 Å². The van der Waals surface area contributed by atoms with Gasteiger partial charge in [0.15, 0.2) is 5.82 Å². The summed E-state index contributed by atoms with van der Waals surface area (Å²) in [6.45, 7) is 1.97. The second-order valence-corrected chi connectivity index (χ2v) is 3.79. The van der Waals surface area contributed by atoms with Crippen LogP contribution in [0, 0.1) is 5.82 Å². The summed E-state index contributed by atoms with van der Waals surface area (Å²) in [6.07, 6.45) is 0.813. The lowest BCUT2D eigenvalue weighted by Gasteiger charge is -2.13. The third kappa shape index (κ3) is 2.47. The van der Waals surface area contributed by atoms with Crippen LogP contribution in [0.3, 0.4) is 0 Å². The highest BCUT2D eigenvalue weighted by Crippen LogP contribution is 2.28. The summed E-state index contributed by atoms with van der Waals surface area (Å²) in [4.78, 5) is 0. The molecule has 0 aliphatic carbocycles. The van der Waals surface area contributed by atoms with Crippen molar-refractivity contribution in [2.45, 2.75) is 25.9 Å². The van der Waals surface area contributed by atoms with Crippen molar-refractivity contribution in [2.24, 2.45) is 0 Å². The molecule has 0 radical (unpaired) electrons. The largest absolute Gasteiger partial charge is 0.388 e. The van der Waals surface area contributed by atoms with Gasteiger partial charge in [-0.1, -0.05) is 19.4 Å². The summed E-state index contributed by atoms with van der Waals surface area (Å²) in [5.74, 6) is -0.0292. The molecule has 1 heterocycles. The van der Waals surface area contributed by atoms with Gasteiger partial charge in [-0.15, -0.1) is 5.10 Å². The first-order valence-corrected chi connectivity index (χ1v) is 5.44. The molecule has 5 nitrogen and oxygen atoms in total. The van der Waals surface area contributed by atoms with E-state index in [0.717, 1.165) is 6.42 Å². The molecular formula is C11H13FN4O. The summed E-state index contributed by atoms with van der Waals surface area (Å²) in [6, 6.07) is 4.20. The van der Waals surface area contributed by atoms with Gasteiger partial charge >= 0.3 is 0 Å². The van der Waals surface area contributed by atoms with Crippen LogP contribution in [-0.4, -0.2) is 25.7 Å². The number of nitrogens with one attached hydrogen (secondary N) is 1. The second-order valence-electron chi connectivity index (χ2n) is 3.79. The van der Waals surface area contributed by atoms with Gasteiger partial charge in [0.2, 0.25) is 0 Å².